The Morgan fingerprint density at radius 3 is 2.25 bits per heavy atom. The molecule has 1 aliphatic rings. The predicted molar refractivity (Wildman–Crippen MR) is 100 cm³/mol. The van der Waals surface area contributed by atoms with E-state index in [4.69, 9.17) is 0 Å². The number of sulfonamides is 1. The van der Waals surface area contributed by atoms with Gasteiger partial charge in [-0.25, -0.2) is 22.0 Å². The van der Waals surface area contributed by atoms with E-state index < -0.39 is 33.4 Å². The van der Waals surface area contributed by atoms with E-state index in [2.05, 4.69) is 0 Å². The molecule has 0 atom stereocenters. The third kappa shape index (κ3) is 2.91. The maximum atomic E-state index is 14.4. The van der Waals surface area contributed by atoms with Gasteiger partial charge in [0.2, 0.25) is 0 Å². The number of amides is 2. The largest absolute Gasteiger partial charge is 0.343 e. The van der Waals surface area contributed by atoms with Gasteiger partial charge in [-0.2, -0.15) is 4.31 Å². The molecule has 0 spiro atoms. The first kappa shape index (κ1) is 18.1. The molecule has 8 heteroatoms. The molecule has 0 aliphatic carbocycles. The lowest BCUT2D eigenvalue weighted by molar-refractivity contribution is 0.253. The van der Waals surface area contributed by atoms with Gasteiger partial charge in [0, 0.05) is 6.07 Å². The summed E-state index contributed by atoms with van der Waals surface area (Å²) < 4.78 is 54.5. The quantitative estimate of drug-likeness (QED) is 0.659. The average molecular weight is 400 g/mol. The summed E-state index contributed by atoms with van der Waals surface area (Å²) >= 11 is 0. The summed E-state index contributed by atoms with van der Waals surface area (Å²) in [7, 11) is -4.41. The smallest absolute Gasteiger partial charge is 0.287 e. The Hall–Kier alpha value is -3.26. The van der Waals surface area contributed by atoms with E-state index in [0.29, 0.717) is 10.4 Å². The zero-order valence-corrected chi connectivity index (χ0v) is 15.2. The van der Waals surface area contributed by atoms with E-state index in [1.807, 2.05) is 6.07 Å². The molecule has 4 rings (SSSR count). The standard InChI is InChI=1S/C20H14F2N2O3S/c21-15-10-11-16(22)18(12-15)24-20(25)23(13-14-6-2-1-3-7-14)17-8-4-5-9-19(17)28(24,26)27/h1-12H,13H2. The van der Waals surface area contributed by atoms with Crippen LogP contribution in [0.2, 0.25) is 0 Å². The van der Waals surface area contributed by atoms with Gasteiger partial charge in [-0.15, -0.1) is 0 Å². The Bertz CT molecular complexity index is 1170. The van der Waals surface area contributed by atoms with Crippen LogP contribution in [0, 0.1) is 11.6 Å². The highest BCUT2D eigenvalue weighted by molar-refractivity contribution is 7.94. The van der Waals surface area contributed by atoms with Crippen molar-refractivity contribution in [1.82, 2.24) is 0 Å². The molecule has 1 aliphatic heterocycles. The molecule has 3 aromatic carbocycles. The molecular weight excluding hydrogens is 386 g/mol. The average Bonchev–Trinajstić information content (AvgIpc) is 2.69. The van der Waals surface area contributed by atoms with E-state index in [1.54, 1.807) is 30.3 Å². The lowest BCUT2D eigenvalue weighted by Gasteiger charge is -2.36. The molecule has 0 aromatic heterocycles. The van der Waals surface area contributed by atoms with Gasteiger partial charge in [-0.3, -0.25) is 4.90 Å². The highest BCUT2D eigenvalue weighted by atomic mass is 32.2. The number of hydrogen-bond acceptors (Lipinski definition) is 3. The van der Waals surface area contributed by atoms with Gasteiger partial charge < -0.3 is 0 Å². The minimum Gasteiger partial charge on any atom is -0.287 e. The summed E-state index contributed by atoms with van der Waals surface area (Å²) in [4.78, 5) is 14.2. The first-order chi connectivity index (χ1) is 13.4. The molecule has 2 amide bonds. The topological polar surface area (TPSA) is 57.7 Å². The highest BCUT2D eigenvalue weighted by Gasteiger charge is 2.43. The maximum absolute atomic E-state index is 14.4. The fourth-order valence-electron chi connectivity index (χ4n) is 3.10. The van der Waals surface area contributed by atoms with Gasteiger partial charge in [-0.1, -0.05) is 42.5 Å². The summed E-state index contributed by atoms with van der Waals surface area (Å²) in [6.45, 7) is 0.0691. The number of carbonyl (C=O) groups excluding carboxylic acids is 1. The van der Waals surface area contributed by atoms with Crippen molar-refractivity contribution in [3.8, 4) is 0 Å². The Labute approximate surface area is 160 Å². The molecular formula is C20H14F2N2O3S. The highest BCUT2D eigenvalue weighted by Crippen LogP contribution is 2.38. The number of nitrogens with zero attached hydrogens (tertiary/aromatic N) is 2. The molecule has 1 heterocycles. The predicted octanol–water partition coefficient (Wildman–Crippen LogP) is 4.30. The van der Waals surface area contributed by atoms with Gasteiger partial charge in [0.05, 0.1) is 12.2 Å². The fourth-order valence-corrected chi connectivity index (χ4v) is 4.70. The number of carbonyl (C=O) groups is 1. The van der Waals surface area contributed by atoms with Crippen LogP contribution in [0.3, 0.4) is 0 Å². The molecule has 0 saturated heterocycles. The van der Waals surface area contributed by atoms with Crippen molar-refractivity contribution >= 4 is 27.4 Å². The second-order valence-corrected chi connectivity index (χ2v) is 7.94. The summed E-state index contributed by atoms with van der Waals surface area (Å²) in [6.07, 6.45) is 0. The van der Waals surface area contributed by atoms with Crippen molar-refractivity contribution in [2.24, 2.45) is 0 Å². The number of para-hydroxylation sites is 1. The van der Waals surface area contributed by atoms with Gasteiger partial charge >= 0.3 is 6.03 Å². The van der Waals surface area contributed by atoms with Gasteiger partial charge in [0.1, 0.15) is 22.2 Å². The Kier molecular flexibility index (Phi) is 4.35. The van der Waals surface area contributed by atoms with Crippen molar-refractivity contribution < 1.29 is 22.0 Å². The molecule has 0 saturated carbocycles. The van der Waals surface area contributed by atoms with Gasteiger partial charge in [0.15, 0.2) is 0 Å². The Morgan fingerprint density at radius 2 is 1.50 bits per heavy atom. The number of halogens is 2. The third-order valence-corrected chi connectivity index (χ3v) is 6.12. The van der Waals surface area contributed by atoms with Crippen molar-refractivity contribution in [3.63, 3.8) is 0 Å². The molecule has 0 bridgehead atoms. The van der Waals surface area contributed by atoms with Crippen LogP contribution in [0.4, 0.5) is 25.0 Å². The Balaban J connectivity index is 1.91. The normalized spacial score (nSPS) is 15.4. The Morgan fingerprint density at radius 1 is 0.821 bits per heavy atom. The fraction of sp³-hybridized carbons (Fsp3) is 0.0500. The number of urea groups is 1. The van der Waals surface area contributed by atoms with E-state index in [0.717, 1.165) is 17.7 Å². The third-order valence-electron chi connectivity index (χ3n) is 4.39. The number of anilines is 2. The molecule has 0 N–H and O–H groups in total. The van der Waals surface area contributed by atoms with Crippen LogP contribution in [0.1, 0.15) is 5.56 Å². The second-order valence-electron chi connectivity index (χ2n) is 6.19. The van der Waals surface area contributed by atoms with E-state index in [-0.39, 0.29) is 17.1 Å². The van der Waals surface area contributed by atoms with Crippen molar-refractivity contribution in [2.45, 2.75) is 11.4 Å². The summed E-state index contributed by atoms with van der Waals surface area (Å²) in [5, 5.41) is 0. The molecule has 3 aromatic rings. The van der Waals surface area contributed by atoms with Crippen LogP contribution in [0.25, 0.3) is 0 Å². The lowest BCUT2D eigenvalue weighted by Crippen LogP contribution is -2.51. The van der Waals surface area contributed by atoms with E-state index in [1.165, 1.54) is 23.1 Å². The van der Waals surface area contributed by atoms with Crippen molar-refractivity contribution in [1.29, 1.82) is 0 Å². The zero-order valence-electron chi connectivity index (χ0n) is 14.4. The monoisotopic (exact) mass is 400 g/mol. The van der Waals surface area contributed by atoms with Crippen LogP contribution in [0.15, 0.2) is 77.7 Å². The first-order valence-electron chi connectivity index (χ1n) is 8.34. The number of hydrogen-bond donors (Lipinski definition) is 0. The number of fused-ring (bicyclic) bond motifs is 1. The minimum absolute atomic E-state index is 0.0691. The molecule has 5 nitrogen and oxygen atoms in total. The maximum Gasteiger partial charge on any atom is 0.343 e. The molecule has 142 valence electrons. The summed E-state index contributed by atoms with van der Waals surface area (Å²) in [5.41, 5.74) is 0.284. The lowest BCUT2D eigenvalue weighted by atomic mass is 10.2. The van der Waals surface area contributed by atoms with Crippen LogP contribution < -0.4 is 9.21 Å². The summed E-state index contributed by atoms with van der Waals surface area (Å²) in [5.74, 6) is -1.87. The van der Waals surface area contributed by atoms with Crippen molar-refractivity contribution in [3.05, 3.63) is 90.0 Å². The molecule has 0 unspecified atom stereocenters. The number of rotatable bonds is 3. The molecule has 0 radical (unpaired) electrons. The van der Waals surface area contributed by atoms with Crippen molar-refractivity contribution in [2.75, 3.05) is 9.21 Å². The van der Waals surface area contributed by atoms with Crippen LogP contribution >= 0.6 is 0 Å². The van der Waals surface area contributed by atoms with Gasteiger partial charge in [0.25, 0.3) is 10.0 Å². The molecule has 0 fully saturated rings. The van der Waals surface area contributed by atoms with Crippen LogP contribution in [-0.4, -0.2) is 14.4 Å². The van der Waals surface area contributed by atoms with Crippen LogP contribution in [-0.2, 0) is 16.6 Å². The van der Waals surface area contributed by atoms with Crippen LogP contribution in [0.5, 0.6) is 0 Å². The molecule has 28 heavy (non-hydrogen) atoms. The second kappa shape index (κ2) is 6.72. The summed E-state index contributed by atoms with van der Waals surface area (Å²) in [6, 6.07) is 16.3. The van der Waals surface area contributed by atoms with E-state index >= 15 is 0 Å². The number of benzene rings is 3. The van der Waals surface area contributed by atoms with E-state index in [9.17, 15) is 22.0 Å². The van der Waals surface area contributed by atoms with Gasteiger partial charge in [-0.05, 0) is 29.8 Å². The SMILES string of the molecule is O=C1N(Cc2ccccc2)c2ccccc2S(=O)(=O)N1c1cc(F)ccc1F. The first-order valence-corrected chi connectivity index (χ1v) is 9.78. The minimum atomic E-state index is -4.41. The zero-order chi connectivity index (χ0) is 19.9.